The second-order valence-electron chi connectivity index (χ2n) is 9.98. The van der Waals surface area contributed by atoms with Crippen LogP contribution in [0.1, 0.15) is 38.6 Å². The van der Waals surface area contributed by atoms with Crippen molar-refractivity contribution in [3.05, 3.63) is 81.3 Å². The first-order valence-corrected chi connectivity index (χ1v) is 14.3. The number of aromatic nitrogens is 3. The van der Waals surface area contributed by atoms with E-state index >= 15 is 0 Å². The molecule has 0 bridgehead atoms. The summed E-state index contributed by atoms with van der Waals surface area (Å²) in [6, 6.07) is 10.4. The number of thiazole rings is 1. The van der Waals surface area contributed by atoms with E-state index in [1.54, 1.807) is 24.3 Å². The Morgan fingerprint density at radius 3 is 2.60 bits per heavy atom. The van der Waals surface area contributed by atoms with Crippen molar-refractivity contribution in [1.82, 2.24) is 20.3 Å². The lowest BCUT2D eigenvalue weighted by Crippen LogP contribution is -2.44. The van der Waals surface area contributed by atoms with E-state index in [2.05, 4.69) is 25.9 Å². The number of carbonyl (C=O) groups excluding carboxylic acids is 1. The Kier molecular flexibility index (Phi) is 8.40. The summed E-state index contributed by atoms with van der Waals surface area (Å²) in [6.45, 7) is 0.738. The number of nitrogens with zero attached hydrogens (tertiary/aromatic N) is 3. The minimum absolute atomic E-state index is 0.263. The van der Waals surface area contributed by atoms with Gasteiger partial charge >= 0.3 is 6.18 Å². The van der Waals surface area contributed by atoms with Gasteiger partial charge in [-0.3, -0.25) is 15.1 Å². The summed E-state index contributed by atoms with van der Waals surface area (Å²) in [5.74, 6) is 0.0942. The zero-order valence-corrected chi connectivity index (χ0v) is 24.6. The molecule has 1 aliphatic carbocycles. The molecule has 8 nitrogen and oxygen atoms in total. The molecular weight excluding hydrogens is 589 g/mol. The fraction of sp³-hybridized carbons (Fsp3) is 0.310. The maximum atomic E-state index is 13.5. The summed E-state index contributed by atoms with van der Waals surface area (Å²) in [7, 11) is 3.39. The van der Waals surface area contributed by atoms with Crippen molar-refractivity contribution in [2.45, 2.75) is 37.9 Å². The SMILES string of the molecule is CNC1(c2ccc(NCC(F)(F)F)cc2)CCc2nc(NC(=O)c3cnc(C)cc3-c3cc(Cl)ncc3OC)sc2C1. The highest BCUT2D eigenvalue weighted by atomic mass is 35.5. The average molecular weight is 617 g/mol. The van der Waals surface area contributed by atoms with Gasteiger partial charge in [0.1, 0.15) is 17.4 Å². The number of likely N-dealkylation sites (N-methyl/N-ethyl adjacent to an activating group) is 1. The summed E-state index contributed by atoms with van der Waals surface area (Å²) in [6.07, 6.45) is 0.746. The topological polar surface area (TPSA) is 101 Å². The maximum Gasteiger partial charge on any atom is 0.405 e. The number of fused-ring (bicyclic) bond motifs is 1. The summed E-state index contributed by atoms with van der Waals surface area (Å²) in [4.78, 5) is 27.6. The quantitative estimate of drug-likeness (QED) is 0.197. The highest BCUT2D eigenvalue weighted by molar-refractivity contribution is 7.15. The van der Waals surface area contributed by atoms with Gasteiger partial charge in [0.2, 0.25) is 0 Å². The molecule has 220 valence electrons. The van der Waals surface area contributed by atoms with Gasteiger partial charge in [0.15, 0.2) is 5.13 Å². The Labute approximate surface area is 249 Å². The van der Waals surface area contributed by atoms with Crippen molar-refractivity contribution < 1.29 is 22.7 Å². The van der Waals surface area contributed by atoms with Crippen LogP contribution in [0.5, 0.6) is 5.75 Å². The molecule has 0 radical (unpaired) electrons. The second-order valence-corrected chi connectivity index (χ2v) is 11.4. The van der Waals surface area contributed by atoms with Crippen molar-refractivity contribution in [3.63, 3.8) is 0 Å². The minimum Gasteiger partial charge on any atom is -0.494 e. The first-order chi connectivity index (χ1) is 20.0. The standard InChI is InChI=1S/C29H28ClF3N6O2S/c1-16-10-19(20-11-25(30)36-14-23(20)41-3)21(13-35-16)26(40)39-27-38-22-8-9-28(34-2,12-24(22)42-27)17-4-6-18(7-5-17)37-15-29(31,32)33/h4-7,10-11,13-14,34,37H,8-9,12,15H2,1-3H3,(H,38,39,40). The molecule has 42 heavy (non-hydrogen) atoms. The number of rotatable bonds is 8. The Hall–Kier alpha value is -3.74. The molecule has 3 heterocycles. The molecule has 1 unspecified atom stereocenters. The van der Waals surface area contributed by atoms with Crippen LogP contribution in [-0.4, -0.2) is 47.7 Å². The second kappa shape index (κ2) is 11.9. The zero-order chi connectivity index (χ0) is 30.1. The molecule has 0 aliphatic heterocycles. The summed E-state index contributed by atoms with van der Waals surface area (Å²) < 4.78 is 43.2. The number of ether oxygens (including phenoxy) is 1. The van der Waals surface area contributed by atoms with Gasteiger partial charge < -0.3 is 15.4 Å². The Morgan fingerprint density at radius 1 is 1.14 bits per heavy atom. The third kappa shape index (κ3) is 6.35. The number of nitrogens with one attached hydrogen (secondary N) is 3. The number of methoxy groups -OCH3 is 1. The summed E-state index contributed by atoms with van der Waals surface area (Å²) in [5.41, 5.74) is 4.12. The number of halogens is 4. The third-order valence-corrected chi connectivity index (χ3v) is 8.51. The molecule has 0 saturated carbocycles. The summed E-state index contributed by atoms with van der Waals surface area (Å²) >= 11 is 7.56. The van der Waals surface area contributed by atoms with E-state index in [1.165, 1.54) is 30.8 Å². The van der Waals surface area contributed by atoms with Crippen LogP contribution < -0.4 is 20.7 Å². The lowest BCUT2D eigenvalue weighted by molar-refractivity contribution is -0.115. The van der Waals surface area contributed by atoms with Gasteiger partial charge in [-0.25, -0.2) is 9.97 Å². The van der Waals surface area contributed by atoms with Crippen LogP contribution in [0.4, 0.5) is 24.0 Å². The van der Waals surface area contributed by atoms with E-state index < -0.39 is 18.3 Å². The monoisotopic (exact) mass is 616 g/mol. The van der Waals surface area contributed by atoms with Crippen molar-refractivity contribution in [1.29, 1.82) is 0 Å². The van der Waals surface area contributed by atoms with E-state index in [0.717, 1.165) is 22.6 Å². The molecule has 4 aromatic rings. The Balaban J connectivity index is 1.36. The molecule has 0 fully saturated rings. The summed E-state index contributed by atoms with van der Waals surface area (Å²) in [5, 5.41) is 9.50. The van der Waals surface area contributed by atoms with E-state index in [0.29, 0.717) is 51.8 Å². The van der Waals surface area contributed by atoms with Crippen LogP contribution in [0.2, 0.25) is 5.15 Å². The molecule has 3 N–H and O–H groups in total. The van der Waals surface area contributed by atoms with Crippen molar-refractivity contribution in [2.24, 2.45) is 0 Å². The Morgan fingerprint density at radius 2 is 1.90 bits per heavy atom. The van der Waals surface area contributed by atoms with Crippen LogP contribution in [0, 0.1) is 6.92 Å². The lowest BCUT2D eigenvalue weighted by atomic mass is 9.78. The number of benzene rings is 1. The number of hydrogen-bond acceptors (Lipinski definition) is 8. The van der Waals surface area contributed by atoms with Crippen LogP contribution in [0.15, 0.2) is 48.8 Å². The van der Waals surface area contributed by atoms with Gasteiger partial charge in [0, 0.05) is 45.5 Å². The molecule has 1 atom stereocenters. The van der Waals surface area contributed by atoms with Gasteiger partial charge in [0.25, 0.3) is 5.91 Å². The molecule has 0 saturated heterocycles. The lowest BCUT2D eigenvalue weighted by Gasteiger charge is -2.37. The van der Waals surface area contributed by atoms with Crippen LogP contribution in [0.25, 0.3) is 11.1 Å². The van der Waals surface area contributed by atoms with Crippen molar-refractivity contribution >= 4 is 39.7 Å². The van der Waals surface area contributed by atoms with Crippen LogP contribution in [0.3, 0.4) is 0 Å². The largest absolute Gasteiger partial charge is 0.494 e. The molecule has 13 heteroatoms. The van der Waals surface area contributed by atoms with Gasteiger partial charge in [-0.2, -0.15) is 13.2 Å². The van der Waals surface area contributed by atoms with Crippen LogP contribution in [-0.2, 0) is 18.4 Å². The molecule has 1 amide bonds. The predicted octanol–water partition coefficient (Wildman–Crippen LogP) is 6.40. The van der Waals surface area contributed by atoms with Crippen LogP contribution >= 0.6 is 22.9 Å². The molecule has 3 aromatic heterocycles. The van der Waals surface area contributed by atoms with Gasteiger partial charge in [-0.1, -0.05) is 23.7 Å². The van der Waals surface area contributed by atoms with E-state index in [9.17, 15) is 18.0 Å². The number of amides is 1. The fourth-order valence-corrected chi connectivity index (χ4v) is 6.37. The number of pyridine rings is 2. The van der Waals surface area contributed by atoms with Gasteiger partial charge in [0.05, 0.1) is 24.6 Å². The number of aryl methyl sites for hydroxylation is 2. The van der Waals surface area contributed by atoms with Crippen molar-refractivity contribution in [3.8, 4) is 16.9 Å². The normalized spacial score (nSPS) is 16.5. The molecular formula is C29H28ClF3N6O2S. The Bertz CT molecular complexity index is 1610. The highest BCUT2D eigenvalue weighted by Gasteiger charge is 2.37. The molecule has 1 aliphatic rings. The fourth-order valence-electron chi connectivity index (χ4n) is 5.10. The molecule has 0 spiro atoms. The number of anilines is 2. The zero-order valence-electron chi connectivity index (χ0n) is 23.0. The van der Waals surface area contributed by atoms with E-state index in [4.69, 9.17) is 21.3 Å². The first kappa shape index (κ1) is 29.7. The van der Waals surface area contributed by atoms with Crippen molar-refractivity contribution in [2.75, 3.05) is 31.3 Å². The van der Waals surface area contributed by atoms with Gasteiger partial charge in [-0.15, -0.1) is 11.3 Å². The highest BCUT2D eigenvalue weighted by Crippen LogP contribution is 2.41. The minimum atomic E-state index is -4.29. The number of carbonyl (C=O) groups is 1. The predicted molar refractivity (Wildman–Crippen MR) is 158 cm³/mol. The van der Waals surface area contributed by atoms with Gasteiger partial charge in [-0.05, 0) is 56.6 Å². The number of alkyl halides is 3. The smallest absolute Gasteiger partial charge is 0.405 e. The van der Waals surface area contributed by atoms with E-state index in [-0.39, 0.29) is 11.1 Å². The first-order valence-electron chi connectivity index (χ1n) is 13.1. The molecule has 1 aromatic carbocycles. The third-order valence-electron chi connectivity index (χ3n) is 7.29. The number of hydrogen-bond donors (Lipinski definition) is 3. The van der Waals surface area contributed by atoms with E-state index in [1.807, 2.05) is 26.1 Å². The maximum absolute atomic E-state index is 13.5. The average Bonchev–Trinajstić information content (AvgIpc) is 3.36. The molecule has 5 rings (SSSR count).